The first kappa shape index (κ1) is 15.2. The largest absolute Gasteiger partial charge is 0.356 e. The van der Waals surface area contributed by atoms with Gasteiger partial charge in [0.15, 0.2) is 0 Å². The van der Waals surface area contributed by atoms with Gasteiger partial charge in [0.1, 0.15) is 17.4 Å². The van der Waals surface area contributed by atoms with E-state index in [1.54, 1.807) is 6.20 Å². The Morgan fingerprint density at radius 2 is 2.17 bits per heavy atom. The Labute approximate surface area is 141 Å². The number of rotatable bonds is 5. The van der Waals surface area contributed by atoms with Gasteiger partial charge in [0.25, 0.3) is 0 Å². The fourth-order valence-electron chi connectivity index (χ4n) is 3.51. The fourth-order valence-corrected chi connectivity index (χ4v) is 3.51. The molecule has 1 amide bonds. The highest BCUT2D eigenvalue weighted by Crippen LogP contribution is 2.37. The Morgan fingerprint density at radius 3 is 2.92 bits per heavy atom. The van der Waals surface area contributed by atoms with Crippen molar-refractivity contribution >= 4 is 17.5 Å². The number of H-pyrrole nitrogens is 1. The van der Waals surface area contributed by atoms with Gasteiger partial charge in [0.05, 0.1) is 0 Å². The van der Waals surface area contributed by atoms with Crippen LogP contribution in [0, 0.1) is 5.92 Å². The molecule has 4 rings (SSSR count). The number of carbonyl (C=O) groups excluding carboxylic acids is 1. The summed E-state index contributed by atoms with van der Waals surface area (Å²) in [5, 5.41) is 6.29. The van der Waals surface area contributed by atoms with Crippen molar-refractivity contribution in [3.63, 3.8) is 0 Å². The van der Waals surface area contributed by atoms with E-state index in [2.05, 4.69) is 31.9 Å². The lowest BCUT2D eigenvalue weighted by Crippen LogP contribution is -2.43. The summed E-state index contributed by atoms with van der Waals surface area (Å²) >= 11 is 0. The zero-order chi connectivity index (χ0) is 16.5. The summed E-state index contributed by atoms with van der Waals surface area (Å²) in [5.41, 5.74) is 0.645. The lowest BCUT2D eigenvalue weighted by molar-refractivity contribution is -0.761. The van der Waals surface area contributed by atoms with Crippen LogP contribution in [-0.4, -0.2) is 29.1 Å². The maximum Gasteiger partial charge on any atom is 0.342 e. The van der Waals surface area contributed by atoms with Crippen LogP contribution in [0.3, 0.4) is 0 Å². The third-order valence-corrected chi connectivity index (χ3v) is 5.10. The van der Waals surface area contributed by atoms with Gasteiger partial charge in [-0.15, -0.1) is 0 Å². The predicted molar refractivity (Wildman–Crippen MR) is 92.1 cm³/mol. The molecule has 1 saturated carbocycles. The summed E-state index contributed by atoms with van der Waals surface area (Å²) in [7, 11) is 0. The van der Waals surface area contributed by atoms with E-state index in [-0.39, 0.29) is 5.91 Å². The highest BCUT2D eigenvalue weighted by Gasteiger charge is 2.35. The van der Waals surface area contributed by atoms with E-state index < -0.39 is 0 Å². The number of amides is 1. The molecule has 3 heterocycles. The van der Waals surface area contributed by atoms with E-state index in [1.807, 2.05) is 24.4 Å². The molecule has 0 spiro atoms. The Hall–Kier alpha value is -2.37. The van der Waals surface area contributed by atoms with Crippen LogP contribution < -0.4 is 14.9 Å². The molecule has 6 nitrogen and oxygen atoms in total. The van der Waals surface area contributed by atoms with Crippen molar-refractivity contribution in [1.29, 1.82) is 0 Å². The zero-order valence-electron chi connectivity index (χ0n) is 14.0. The van der Waals surface area contributed by atoms with Gasteiger partial charge in [-0.1, -0.05) is 0 Å². The number of anilines is 2. The standard InChI is InChI=1S/C18H23N5O/c1-13(14-6-7-14)23-16(8-10-20-23)21-18(24)15-5-4-9-19-17(15)22-11-2-3-12-22/h4-5,8-10,13-14H,2-3,6-7,11-12H2,1H3,(H,20,21,24)/p+1/t13-/m0/s1. The van der Waals surface area contributed by atoms with Crippen LogP contribution >= 0.6 is 0 Å². The highest BCUT2D eigenvalue weighted by molar-refractivity contribution is 6.06. The fraction of sp³-hybridized carbons (Fsp3) is 0.500. The average Bonchev–Trinajstić information content (AvgIpc) is 3.11. The van der Waals surface area contributed by atoms with Crippen LogP contribution in [0.5, 0.6) is 0 Å². The lowest BCUT2D eigenvalue weighted by Gasteiger charge is -2.18. The molecular weight excluding hydrogens is 302 g/mol. The second-order valence-corrected chi connectivity index (χ2v) is 6.82. The minimum Gasteiger partial charge on any atom is -0.356 e. The smallest absolute Gasteiger partial charge is 0.342 e. The van der Waals surface area contributed by atoms with E-state index in [0.29, 0.717) is 17.5 Å². The third kappa shape index (κ3) is 2.88. The molecule has 2 aliphatic rings. The zero-order valence-corrected chi connectivity index (χ0v) is 14.0. The minimum atomic E-state index is -0.0960. The summed E-state index contributed by atoms with van der Waals surface area (Å²) in [6.45, 7) is 4.14. The number of nitrogens with zero attached hydrogens (tertiary/aromatic N) is 3. The predicted octanol–water partition coefficient (Wildman–Crippen LogP) is 2.52. The van der Waals surface area contributed by atoms with E-state index in [1.165, 1.54) is 12.8 Å². The number of aromatic amines is 1. The van der Waals surface area contributed by atoms with Crippen LogP contribution in [0.15, 0.2) is 30.6 Å². The molecule has 6 heteroatoms. The first-order valence-corrected chi connectivity index (χ1v) is 8.84. The Morgan fingerprint density at radius 1 is 1.38 bits per heavy atom. The molecule has 0 aromatic carbocycles. The third-order valence-electron chi connectivity index (χ3n) is 5.10. The van der Waals surface area contributed by atoms with E-state index in [0.717, 1.165) is 37.6 Å². The topological polar surface area (TPSA) is 64.9 Å². The maximum atomic E-state index is 12.8. The van der Waals surface area contributed by atoms with Crippen molar-refractivity contribution in [2.24, 2.45) is 5.92 Å². The monoisotopic (exact) mass is 326 g/mol. The molecule has 126 valence electrons. The van der Waals surface area contributed by atoms with Crippen LogP contribution in [-0.2, 0) is 0 Å². The number of nitrogens with one attached hydrogen (secondary N) is 2. The lowest BCUT2D eigenvalue weighted by atomic mass is 10.2. The summed E-state index contributed by atoms with van der Waals surface area (Å²) in [6, 6.07) is 5.98. The van der Waals surface area contributed by atoms with Crippen molar-refractivity contribution in [2.45, 2.75) is 38.6 Å². The summed E-state index contributed by atoms with van der Waals surface area (Å²) < 4.78 is 2.06. The quantitative estimate of drug-likeness (QED) is 0.830. The SMILES string of the molecule is C[C@@H](C1CC1)[n+]1[nH]ccc1NC(=O)c1cccnc1N1CCCC1. The van der Waals surface area contributed by atoms with E-state index in [4.69, 9.17) is 0 Å². The summed E-state index contributed by atoms with van der Waals surface area (Å²) in [4.78, 5) is 19.5. The molecule has 2 N–H and O–H groups in total. The summed E-state index contributed by atoms with van der Waals surface area (Å²) in [6.07, 6.45) is 8.49. The van der Waals surface area contributed by atoms with Crippen molar-refractivity contribution in [1.82, 2.24) is 10.1 Å². The van der Waals surface area contributed by atoms with Crippen LogP contribution in [0.1, 0.15) is 49.0 Å². The second-order valence-electron chi connectivity index (χ2n) is 6.82. The molecule has 2 fully saturated rings. The maximum absolute atomic E-state index is 12.8. The molecule has 1 saturated heterocycles. The Bertz CT molecular complexity index is 731. The molecule has 1 aliphatic carbocycles. The molecule has 2 aromatic rings. The highest BCUT2D eigenvalue weighted by atomic mass is 16.1. The van der Waals surface area contributed by atoms with Gasteiger partial charge >= 0.3 is 11.7 Å². The molecule has 0 bridgehead atoms. The van der Waals surface area contributed by atoms with E-state index >= 15 is 0 Å². The molecule has 2 aromatic heterocycles. The minimum absolute atomic E-state index is 0.0960. The Kier molecular flexibility index (Phi) is 3.96. The molecular formula is C18H24N5O+. The number of hydrogen-bond donors (Lipinski definition) is 2. The average molecular weight is 326 g/mol. The van der Waals surface area contributed by atoms with Gasteiger partial charge < -0.3 is 4.90 Å². The number of pyridine rings is 1. The van der Waals surface area contributed by atoms with Gasteiger partial charge in [-0.05, 0) is 44.7 Å². The van der Waals surface area contributed by atoms with Crippen molar-refractivity contribution < 1.29 is 9.48 Å². The second kappa shape index (κ2) is 6.26. The van der Waals surface area contributed by atoms with Crippen LogP contribution in [0.2, 0.25) is 0 Å². The van der Waals surface area contributed by atoms with Gasteiger partial charge in [-0.3, -0.25) is 0 Å². The van der Waals surface area contributed by atoms with Crippen molar-refractivity contribution in [3.05, 3.63) is 36.2 Å². The first-order valence-electron chi connectivity index (χ1n) is 8.84. The van der Waals surface area contributed by atoms with E-state index in [9.17, 15) is 4.79 Å². The van der Waals surface area contributed by atoms with Crippen molar-refractivity contribution in [2.75, 3.05) is 23.3 Å². The number of carbonyl (C=O) groups is 1. The first-order chi connectivity index (χ1) is 11.7. The molecule has 0 unspecified atom stereocenters. The number of aromatic nitrogens is 3. The van der Waals surface area contributed by atoms with Gasteiger partial charge in [-0.25, -0.2) is 20.2 Å². The van der Waals surface area contributed by atoms with Crippen LogP contribution in [0.25, 0.3) is 0 Å². The Balaban J connectivity index is 1.56. The normalized spacial score (nSPS) is 18.6. The van der Waals surface area contributed by atoms with Crippen LogP contribution in [0.4, 0.5) is 11.6 Å². The van der Waals surface area contributed by atoms with Gasteiger partial charge in [-0.2, -0.15) is 4.68 Å². The van der Waals surface area contributed by atoms with Gasteiger partial charge in [0, 0.05) is 37.5 Å². The molecule has 0 radical (unpaired) electrons. The molecule has 1 aliphatic heterocycles. The summed E-state index contributed by atoms with van der Waals surface area (Å²) in [5.74, 6) is 2.23. The number of hydrogen-bond acceptors (Lipinski definition) is 3. The molecule has 1 atom stereocenters. The van der Waals surface area contributed by atoms with Crippen molar-refractivity contribution in [3.8, 4) is 0 Å². The molecule has 24 heavy (non-hydrogen) atoms. The van der Waals surface area contributed by atoms with Gasteiger partial charge in [0.2, 0.25) is 0 Å².